The molecule has 7 heteroatoms. The summed E-state index contributed by atoms with van der Waals surface area (Å²) in [6, 6.07) is 68.7. The number of hydrogen-bond acceptors (Lipinski definition) is 6. The summed E-state index contributed by atoms with van der Waals surface area (Å²) in [6.07, 6.45) is 0. The minimum Gasteiger partial charge on any atom is -0.456 e. The van der Waals surface area contributed by atoms with Crippen molar-refractivity contribution in [2.75, 3.05) is 0 Å². The lowest BCUT2D eigenvalue weighted by Crippen LogP contribution is -2.04. The summed E-state index contributed by atoms with van der Waals surface area (Å²) < 4.78 is 18.0. The van der Waals surface area contributed by atoms with Crippen LogP contribution < -0.4 is 0 Å². The molecule has 0 amide bonds. The number of aromatic nitrogens is 4. The monoisotopic (exact) mass is 860 g/mol. The SMILES string of the molecule is c1ccc2cc3c(cc2c1)oc1cc(-c2nc(-c4ccc5oc6ccccc6c5c4)nc(-c4ccc5sc6ccccc6c5c4)n2)c(-n2c4ccccc4c4cc5ccccc5cc42)cc13. The lowest BCUT2D eigenvalue weighted by molar-refractivity contribution is 0.668. The molecular formula is C59H32N4O2S. The van der Waals surface area contributed by atoms with Crippen LogP contribution in [0.3, 0.4) is 0 Å². The van der Waals surface area contributed by atoms with Gasteiger partial charge < -0.3 is 13.4 Å². The Labute approximate surface area is 379 Å². The third-order valence-electron chi connectivity index (χ3n) is 13.4. The van der Waals surface area contributed by atoms with E-state index in [-0.39, 0.29) is 0 Å². The van der Waals surface area contributed by atoms with Crippen molar-refractivity contribution in [3.63, 3.8) is 0 Å². The van der Waals surface area contributed by atoms with Crippen molar-refractivity contribution in [2.24, 2.45) is 0 Å². The van der Waals surface area contributed by atoms with Crippen LogP contribution >= 0.6 is 11.3 Å². The number of thiophene rings is 1. The maximum Gasteiger partial charge on any atom is 0.166 e. The van der Waals surface area contributed by atoms with Gasteiger partial charge in [-0.3, -0.25) is 0 Å². The molecule has 0 spiro atoms. The Morgan fingerprint density at radius 1 is 0.333 bits per heavy atom. The zero-order valence-corrected chi connectivity index (χ0v) is 35.8. The van der Waals surface area contributed by atoms with Crippen molar-refractivity contribution in [1.82, 2.24) is 19.5 Å². The molecule has 6 nitrogen and oxygen atoms in total. The standard InChI is InChI=1S/C59H32N4O2S/c1-3-13-35-29-49-42(25-33(35)11-1)39-15-5-8-18-48(39)63(49)50-31-45-44-26-34-12-2-4-14-36(34)30-53(44)65-54(45)32-47(50)59-61-57(37-21-23-52-43(27-37)40-16-6-9-19-51(40)64-52)60-58(62-59)38-22-24-56-46(28-38)41-17-7-10-20-55(41)66-56/h1-32H. The van der Waals surface area contributed by atoms with E-state index in [1.54, 1.807) is 11.3 Å². The Bertz CT molecular complexity index is 4420. The van der Waals surface area contributed by atoms with Crippen LogP contribution in [0, 0.1) is 0 Å². The maximum absolute atomic E-state index is 6.83. The van der Waals surface area contributed by atoms with E-state index in [0.29, 0.717) is 17.5 Å². The Kier molecular flexibility index (Phi) is 7.28. The average molecular weight is 861 g/mol. The summed E-state index contributed by atoms with van der Waals surface area (Å²) in [7, 11) is 0. The molecule has 306 valence electrons. The van der Waals surface area contributed by atoms with Gasteiger partial charge >= 0.3 is 0 Å². The lowest BCUT2D eigenvalue weighted by atomic mass is 10.0. The number of para-hydroxylation sites is 2. The highest BCUT2D eigenvalue weighted by atomic mass is 32.1. The second kappa shape index (κ2) is 13.4. The quantitative estimate of drug-likeness (QED) is 0.176. The van der Waals surface area contributed by atoms with E-state index >= 15 is 0 Å². The Balaban J connectivity index is 1.06. The Hall–Kier alpha value is -8.65. The highest BCUT2D eigenvalue weighted by Crippen LogP contribution is 2.43. The van der Waals surface area contributed by atoms with E-state index in [1.807, 2.05) is 24.3 Å². The fourth-order valence-electron chi connectivity index (χ4n) is 10.3. The second-order valence-corrected chi connectivity index (χ2v) is 18.2. The van der Waals surface area contributed by atoms with Gasteiger partial charge in [0.05, 0.1) is 16.7 Å². The molecule has 15 rings (SSSR count). The molecular weight excluding hydrogens is 829 g/mol. The minimum absolute atomic E-state index is 0.539. The fourth-order valence-corrected chi connectivity index (χ4v) is 11.3. The third kappa shape index (κ3) is 5.26. The van der Waals surface area contributed by atoms with Crippen LogP contribution in [0.15, 0.2) is 203 Å². The molecule has 10 aromatic carbocycles. The first-order valence-corrected chi connectivity index (χ1v) is 22.9. The first-order chi connectivity index (χ1) is 32.6. The van der Waals surface area contributed by atoms with Gasteiger partial charge in [-0.25, -0.2) is 15.0 Å². The van der Waals surface area contributed by atoms with Crippen LogP contribution in [-0.2, 0) is 0 Å². The van der Waals surface area contributed by atoms with Gasteiger partial charge in [0.25, 0.3) is 0 Å². The minimum atomic E-state index is 0.539. The topological polar surface area (TPSA) is 69.9 Å². The summed E-state index contributed by atoms with van der Waals surface area (Å²) in [5.41, 5.74) is 8.96. The predicted octanol–water partition coefficient (Wildman–Crippen LogP) is 16.4. The molecule has 0 aliphatic heterocycles. The molecule has 15 aromatic rings. The molecule has 5 aromatic heterocycles. The summed E-state index contributed by atoms with van der Waals surface area (Å²) >= 11 is 1.80. The predicted molar refractivity (Wildman–Crippen MR) is 273 cm³/mol. The largest absolute Gasteiger partial charge is 0.456 e. The molecule has 0 saturated carbocycles. The van der Waals surface area contributed by atoms with Gasteiger partial charge in [0.1, 0.15) is 22.3 Å². The van der Waals surface area contributed by atoms with Gasteiger partial charge in [-0.2, -0.15) is 0 Å². The second-order valence-electron chi connectivity index (χ2n) is 17.2. The van der Waals surface area contributed by atoms with Crippen molar-refractivity contribution in [1.29, 1.82) is 0 Å². The number of furan rings is 2. The first kappa shape index (κ1) is 35.8. The molecule has 66 heavy (non-hydrogen) atoms. The van der Waals surface area contributed by atoms with Gasteiger partial charge in [0.15, 0.2) is 17.5 Å². The molecule has 0 aliphatic carbocycles. The normalized spacial score (nSPS) is 12.2. The molecule has 0 aliphatic rings. The van der Waals surface area contributed by atoms with Gasteiger partial charge in [0.2, 0.25) is 0 Å². The number of benzene rings is 10. The number of hydrogen-bond donors (Lipinski definition) is 0. The number of fused-ring (bicyclic) bond motifs is 14. The molecule has 0 atom stereocenters. The van der Waals surface area contributed by atoms with Crippen molar-refractivity contribution >= 4 is 119 Å². The van der Waals surface area contributed by atoms with Gasteiger partial charge in [0, 0.05) is 69.2 Å². The highest BCUT2D eigenvalue weighted by Gasteiger charge is 2.24. The molecule has 0 fully saturated rings. The number of nitrogens with zero attached hydrogens (tertiary/aromatic N) is 4. The van der Waals surface area contributed by atoms with Gasteiger partial charge in [-0.1, -0.05) is 103 Å². The van der Waals surface area contributed by atoms with Crippen LogP contribution in [-0.4, -0.2) is 19.5 Å². The van der Waals surface area contributed by atoms with Crippen molar-refractivity contribution < 1.29 is 8.83 Å². The van der Waals surface area contributed by atoms with E-state index in [2.05, 4.69) is 174 Å². The number of rotatable bonds is 4. The summed E-state index contributed by atoms with van der Waals surface area (Å²) in [5.74, 6) is 1.68. The van der Waals surface area contributed by atoms with Crippen LogP contribution in [0.4, 0.5) is 0 Å². The van der Waals surface area contributed by atoms with Gasteiger partial charge in [-0.15, -0.1) is 11.3 Å². The smallest absolute Gasteiger partial charge is 0.166 e. The Morgan fingerprint density at radius 2 is 0.879 bits per heavy atom. The summed E-state index contributed by atoms with van der Waals surface area (Å²) in [4.78, 5) is 16.2. The van der Waals surface area contributed by atoms with Crippen LogP contribution in [0.1, 0.15) is 0 Å². The van der Waals surface area contributed by atoms with E-state index in [0.717, 1.165) is 88.1 Å². The molecule has 5 heterocycles. The molecule has 0 unspecified atom stereocenters. The van der Waals surface area contributed by atoms with Crippen LogP contribution in [0.25, 0.3) is 147 Å². The van der Waals surface area contributed by atoms with E-state index in [4.69, 9.17) is 23.8 Å². The van der Waals surface area contributed by atoms with Crippen molar-refractivity contribution in [3.05, 3.63) is 194 Å². The van der Waals surface area contributed by atoms with Crippen molar-refractivity contribution in [2.45, 2.75) is 0 Å². The third-order valence-corrected chi connectivity index (χ3v) is 14.5. The molecule has 0 radical (unpaired) electrons. The zero-order chi connectivity index (χ0) is 43.0. The Morgan fingerprint density at radius 3 is 1.70 bits per heavy atom. The van der Waals surface area contributed by atoms with E-state index < -0.39 is 0 Å². The van der Waals surface area contributed by atoms with E-state index in [9.17, 15) is 0 Å². The van der Waals surface area contributed by atoms with Crippen molar-refractivity contribution in [3.8, 4) is 39.9 Å². The average Bonchev–Trinajstić information content (AvgIpc) is 4.12. The highest BCUT2D eigenvalue weighted by molar-refractivity contribution is 7.25. The van der Waals surface area contributed by atoms with E-state index in [1.165, 1.54) is 41.7 Å². The summed E-state index contributed by atoms with van der Waals surface area (Å²) in [6.45, 7) is 0. The molecule has 0 saturated heterocycles. The van der Waals surface area contributed by atoms with Gasteiger partial charge in [-0.05, 0) is 113 Å². The zero-order valence-electron chi connectivity index (χ0n) is 35.0. The van der Waals surface area contributed by atoms with Crippen LogP contribution in [0.2, 0.25) is 0 Å². The van der Waals surface area contributed by atoms with Crippen LogP contribution in [0.5, 0.6) is 0 Å². The molecule has 0 N–H and O–H groups in total. The molecule has 0 bridgehead atoms. The maximum atomic E-state index is 6.83. The lowest BCUT2D eigenvalue weighted by Gasteiger charge is -2.15. The fraction of sp³-hybridized carbons (Fsp3) is 0. The summed E-state index contributed by atoms with van der Waals surface area (Å²) in [5, 5.41) is 13.5. The first-order valence-electron chi connectivity index (χ1n) is 22.1.